The van der Waals surface area contributed by atoms with Gasteiger partial charge in [0.1, 0.15) is 6.61 Å². The van der Waals surface area contributed by atoms with E-state index in [1.165, 1.54) is 0 Å². The minimum absolute atomic E-state index is 0.199. The van der Waals surface area contributed by atoms with E-state index in [-0.39, 0.29) is 19.1 Å². The molecule has 0 spiro atoms. The van der Waals surface area contributed by atoms with Crippen LogP contribution in [0.4, 0.5) is 0 Å². The molecule has 0 aromatic heterocycles. The minimum atomic E-state index is -0.285. The molecule has 0 aromatic carbocycles. The molecule has 0 aliphatic heterocycles. The zero-order valence-electron chi connectivity index (χ0n) is 9.16. The molecule has 5 heteroatoms. The first kappa shape index (κ1) is 14.1. The second-order valence-corrected chi connectivity index (χ2v) is 2.75. The second-order valence-electron chi connectivity index (χ2n) is 2.75. The first-order chi connectivity index (χ1) is 7.31. The number of hydrogen-bond acceptors (Lipinski definition) is 5. The molecule has 5 nitrogen and oxygen atoms in total. The van der Waals surface area contributed by atoms with Crippen molar-refractivity contribution in [3.8, 4) is 0 Å². The van der Waals surface area contributed by atoms with Crippen LogP contribution < -0.4 is 5.32 Å². The van der Waals surface area contributed by atoms with Gasteiger partial charge in [0, 0.05) is 13.7 Å². The summed E-state index contributed by atoms with van der Waals surface area (Å²) in [5.41, 5.74) is 0. The van der Waals surface area contributed by atoms with Gasteiger partial charge in [0.25, 0.3) is 0 Å². The highest BCUT2D eigenvalue weighted by Crippen LogP contribution is 1.81. The molecule has 15 heavy (non-hydrogen) atoms. The van der Waals surface area contributed by atoms with Crippen molar-refractivity contribution >= 4 is 5.97 Å². The second kappa shape index (κ2) is 11.2. The van der Waals surface area contributed by atoms with E-state index in [0.717, 1.165) is 0 Å². The molecule has 0 unspecified atom stereocenters. The third-order valence-electron chi connectivity index (χ3n) is 1.48. The lowest BCUT2D eigenvalue weighted by atomic mass is 10.5. The van der Waals surface area contributed by atoms with Gasteiger partial charge in [0.15, 0.2) is 0 Å². The molecule has 0 radical (unpaired) electrons. The Balaban J connectivity index is 3.13. The predicted octanol–water partition coefficient (Wildman–Crippen LogP) is -0.0318. The van der Waals surface area contributed by atoms with Crippen LogP contribution in [0.15, 0.2) is 12.7 Å². The number of carbonyl (C=O) groups excluding carboxylic acids is 1. The lowest BCUT2D eigenvalue weighted by Crippen LogP contribution is -2.25. The van der Waals surface area contributed by atoms with Gasteiger partial charge in [0.2, 0.25) is 0 Å². The number of rotatable bonds is 10. The number of ether oxygens (including phenoxy) is 3. The SMILES string of the molecule is C=CCNCC(=O)OCCOCCOC. The van der Waals surface area contributed by atoms with E-state index in [1.807, 2.05) is 0 Å². The van der Waals surface area contributed by atoms with E-state index in [0.29, 0.717) is 26.4 Å². The van der Waals surface area contributed by atoms with Crippen molar-refractivity contribution in [3.05, 3.63) is 12.7 Å². The van der Waals surface area contributed by atoms with Gasteiger partial charge in [-0.1, -0.05) is 6.08 Å². The highest BCUT2D eigenvalue weighted by atomic mass is 16.6. The molecular weight excluding hydrogens is 198 g/mol. The largest absolute Gasteiger partial charge is 0.462 e. The predicted molar refractivity (Wildman–Crippen MR) is 56.7 cm³/mol. The summed E-state index contributed by atoms with van der Waals surface area (Å²) in [5, 5.41) is 2.84. The van der Waals surface area contributed by atoms with Crippen molar-refractivity contribution in [1.29, 1.82) is 0 Å². The van der Waals surface area contributed by atoms with Crippen LogP contribution >= 0.6 is 0 Å². The lowest BCUT2D eigenvalue weighted by molar-refractivity contribution is -0.144. The first-order valence-electron chi connectivity index (χ1n) is 4.85. The van der Waals surface area contributed by atoms with Crippen LogP contribution in [0.25, 0.3) is 0 Å². The fourth-order valence-corrected chi connectivity index (χ4v) is 0.786. The average Bonchev–Trinajstić information content (AvgIpc) is 2.23. The molecule has 0 aliphatic carbocycles. The molecular formula is C10H19NO4. The van der Waals surface area contributed by atoms with Crippen LogP contribution in [-0.4, -0.2) is 52.6 Å². The molecule has 0 saturated heterocycles. The van der Waals surface area contributed by atoms with Crippen LogP contribution in [0.3, 0.4) is 0 Å². The van der Waals surface area contributed by atoms with Gasteiger partial charge >= 0.3 is 5.97 Å². The molecule has 1 N–H and O–H groups in total. The Morgan fingerprint density at radius 2 is 2.07 bits per heavy atom. The normalized spacial score (nSPS) is 9.93. The topological polar surface area (TPSA) is 56.8 Å². The molecule has 0 atom stereocenters. The van der Waals surface area contributed by atoms with Crippen LogP contribution in [0.5, 0.6) is 0 Å². The van der Waals surface area contributed by atoms with Crippen molar-refractivity contribution in [2.75, 3.05) is 46.6 Å². The molecule has 0 bridgehead atoms. The fraction of sp³-hybridized carbons (Fsp3) is 0.700. The molecule has 0 aromatic rings. The first-order valence-corrected chi connectivity index (χ1v) is 4.85. The summed E-state index contributed by atoms with van der Waals surface area (Å²) >= 11 is 0. The van der Waals surface area contributed by atoms with Gasteiger partial charge in [0.05, 0.1) is 26.4 Å². The highest BCUT2D eigenvalue weighted by Gasteiger charge is 2.00. The van der Waals surface area contributed by atoms with Crippen molar-refractivity contribution in [1.82, 2.24) is 5.32 Å². The van der Waals surface area contributed by atoms with Crippen molar-refractivity contribution in [3.63, 3.8) is 0 Å². The Hall–Kier alpha value is -0.910. The van der Waals surface area contributed by atoms with Crippen LogP contribution in [0.1, 0.15) is 0 Å². The monoisotopic (exact) mass is 217 g/mol. The Morgan fingerprint density at radius 3 is 2.73 bits per heavy atom. The molecule has 88 valence electrons. The van der Waals surface area contributed by atoms with E-state index in [2.05, 4.69) is 11.9 Å². The zero-order chi connectivity index (χ0) is 11.4. The number of hydrogen-bond donors (Lipinski definition) is 1. The molecule has 0 aliphatic rings. The maximum absolute atomic E-state index is 11.0. The quantitative estimate of drug-likeness (QED) is 0.316. The van der Waals surface area contributed by atoms with Crippen molar-refractivity contribution < 1.29 is 19.0 Å². The maximum Gasteiger partial charge on any atom is 0.320 e. The van der Waals surface area contributed by atoms with Gasteiger partial charge in [-0.2, -0.15) is 0 Å². The summed E-state index contributed by atoms with van der Waals surface area (Å²) in [6.45, 7) is 6.05. The third-order valence-corrected chi connectivity index (χ3v) is 1.48. The Morgan fingerprint density at radius 1 is 1.33 bits per heavy atom. The van der Waals surface area contributed by atoms with E-state index in [4.69, 9.17) is 14.2 Å². The van der Waals surface area contributed by atoms with Crippen LogP contribution in [-0.2, 0) is 19.0 Å². The molecule has 0 amide bonds. The van der Waals surface area contributed by atoms with Gasteiger partial charge < -0.3 is 19.5 Å². The Bertz CT molecular complexity index is 173. The highest BCUT2D eigenvalue weighted by molar-refractivity contribution is 5.71. The summed E-state index contributed by atoms with van der Waals surface area (Å²) in [6.07, 6.45) is 1.68. The average molecular weight is 217 g/mol. The molecule has 0 heterocycles. The summed E-state index contributed by atoms with van der Waals surface area (Å²) in [6, 6.07) is 0. The number of methoxy groups -OCH3 is 1. The summed E-state index contributed by atoms with van der Waals surface area (Å²) in [5.74, 6) is -0.285. The zero-order valence-corrected chi connectivity index (χ0v) is 9.16. The van der Waals surface area contributed by atoms with Crippen LogP contribution in [0, 0.1) is 0 Å². The molecule has 0 fully saturated rings. The van der Waals surface area contributed by atoms with E-state index in [1.54, 1.807) is 13.2 Å². The lowest BCUT2D eigenvalue weighted by Gasteiger charge is -2.05. The number of carbonyl (C=O) groups is 1. The van der Waals surface area contributed by atoms with Gasteiger partial charge in [-0.25, -0.2) is 0 Å². The number of nitrogens with one attached hydrogen (secondary N) is 1. The van der Waals surface area contributed by atoms with Gasteiger partial charge in [-0.05, 0) is 0 Å². The molecule has 0 rings (SSSR count). The van der Waals surface area contributed by atoms with Crippen molar-refractivity contribution in [2.24, 2.45) is 0 Å². The smallest absolute Gasteiger partial charge is 0.320 e. The minimum Gasteiger partial charge on any atom is -0.462 e. The van der Waals surface area contributed by atoms with E-state index >= 15 is 0 Å². The van der Waals surface area contributed by atoms with Crippen LogP contribution in [0.2, 0.25) is 0 Å². The van der Waals surface area contributed by atoms with E-state index in [9.17, 15) is 4.79 Å². The Labute approximate surface area is 90.4 Å². The maximum atomic E-state index is 11.0. The summed E-state index contributed by atoms with van der Waals surface area (Å²) in [7, 11) is 1.61. The van der Waals surface area contributed by atoms with Crippen molar-refractivity contribution in [2.45, 2.75) is 0 Å². The molecule has 0 saturated carbocycles. The third kappa shape index (κ3) is 11.0. The summed E-state index contributed by atoms with van der Waals surface area (Å²) in [4.78, 5) is 11.0. The fourth-order valence-electron chi connectivity index (χ4n) is 0.786. The van der Waals surface area contributed by atoms with Gasteiger partial charge in [-0.15, -0.1) is 6.58 Å². The van der Waals surface area contributed by atoms with Gasteiger partial charge in [-0.3, -0.25) is 4.79 Å². The summed E-state index contributed by atoms with van der Waals surface area (Å²) < 4.78 is 14.8. The standard InChI is InChI=1S/C10H19NO4/c1-3-4-11-9-10(12)15-8-7-14-6-5-13-2/h3,11H,1,4-9H2,2H3. The Kier molecular flexibility index (Phi) is 10.5. The van der Waals surface area contributed by atoms with E-state index < -0.39 is 0 Å². The number of esters is 1.